The Kier molecular flexibility index (Phi) is 2.52. The average molecular weight is 240 g/mol. The van der Waals surface area contributed by atoms with Crippen molar-refractivity contribution in [3.8, 4) is 0 Å². The number of carbonyl (C=O) groups is 1. The summed E-state index contributed by atoms with van der Waals surface area (Å²) in [5.41, 5.74) is 2.15. The molecule has 1 aliphatic heterocycles. The number of hydrogen-bond donors (Lipinski definition) is 1. The van der Waals surface area contributed by atoms with Crippen LogP contribution in [0.15, 0.2) is 42.2 Å². The predicted molar refractivity (Wildman–Crippen MR) is 69.0 cm³/mol. The average Bonchev–Trinajstić information content (AvgIpc) is 2.35. The van der Waals surface area contributed by atoms with E-state index in [1.807, 2.05) is 18.2 Å². The van der Waals surface area contributed by atoms with Crippen LogP contribution in [0.1, 0.15) is 17.5 Å². The van der Waals surface area contributed by atoms with Crippen LogP contribution in [0.3, 0.4) is 0 Å². The Labute approximate surface area is 104 Å². The Hall–Kier alpha value is -2.29. The van der Waals surface area contributed by atoms with E-state index in [0.717, 1.165) is 16.5 Å². The summed E-state index contributed by atoms with van der Waals surface area (Å²) >= 11 is 0. The second-order valence-electron chi connectivity index (χ2n) is 4.37. The molecule has 0 unspecified atom stereocenters. The van der Waals surface area contributed by atoms with E-state index >= 15 is 0 Å². The highest BCUT2D eigenvalue weighted by Gasteiger charge is 2.14. The lowest BCUT2D eigenvalue weighted by Gasteiger charge is -2.18. The fraction of sp³-hybridized carbons (Fsp3) is 0.133. The highest BCUT2D eigenvalue weighted by atomic mass is 16.5. The van der Waals surface area contributed by atoms with Crippen molar-refractivity contribution in [2.24, 2.45) is 0 Å². The summed E-state index contributed by atoms with van der Waals surface area (Å²) in [6.07, 6.45) is 1.76. The van der Waals surface area contributed by atoms with E-state index in [9.17, 15) is 4.79 Å². The Morgan fingerprint density at radius 1 is 1.22 bits per heavy atom. The number of ether oxygens (including phenoxy) is 1. The van der Waals surface area contributed by atoms with Crippen LogP contribution >= 0.6 is 0 Å². The smallest absolute Gasteiger partial charge is 0.311 e. The van der Waals surface area contributed by atoms with Gasteiger partial charge in [-0.05, 0) is 40.1 Å². The molecule has 1 heterocycles. The van der Waals surface area contributed by atoms with Crippen LogP contribution in [0.2, 0.25) is 0 Å². The molecule has 0 spiro atoms. The third-order valence-corrected chi connectivity index (χ3v) is 3.06. The van der Waals surface area contributed by atoms with Crippen LogP contribution in [-0.4, -0.2) is 11.1 Å². The second-order valence-corrected chi connectivity index (χ2v) is 4.37. The minimum Gasteiger partial charge on any atom is -0.493 e. The van der Waals surface area contributed by atoms with Gasteiger partial charge in [-0.3, -0.25) is 4.79 Å². The fourth-order valence-corrected chi connectivity index (χ4v) is 2.20. The van der Waals surface area contributed by atoms with Crippen molar-refractivity contribution < 1.29 is 14.6 Å². The predicted octanol–water partition coefficient (Wildman–Crippen LogP) is 3.19. The lowest BCUT2D eigenvalue weighted by atomic mass is 9.99. The first-order valence-corrected chi connectivity index (χ1v) is 5.79. The van der Waals surface area contributed by atoms with Gasteiger partial charge in [-0.15, -0.1) is 0 Å². The molecule has 3 nitrogen and oxygen atoms in total. The molecule has 1 N–H and O–H groups in total. The van der Waals surface area contributed by atoms with E-state index in [-0.39, 0.29) is 6.42 Å². The zero-order valence-corrected chi connectivity index (χ0v) is 9.72. The van der Waals surface area contributed by atoms with Gasteiger partial charge in [0, 0.05) is 0 Å². The van der Waals surface area contributed by atoms with Crippen LogP contribution in [0, 0.1) is 0 Å². The fourth-order valence-electron chi connectivity index (χ4n) is 2.20. The van der Waals surface area contributed by atoms with Crippen molar-refractivity contribution in [2.45, 2.75) is 13.0 Å². The summed E-state index contributed by atoms with van der Waals surface area (Å²) in [6.45, 7) is 0.444. The summed E-state index contributed by atoms with van der Waals surface area (Å²) < 4.78 is 5.44. The van der Waals surface area contributed by atoms with Crippen LogP contribution in [0.4, 0.5) is 0 Å². The summed E-state index contributed by atoms with van der Waals surface area (Å²) in [4.78, 5) is 10.7. The standard InChI is InChI=1S/C15H12O3/c16-15(17)8-14-7-12-5-10-3-1-2-4-11(10)6-13(12)9-18-14/h1-7H,8-9H2,(H,16,17). The van der Waals surface area contributed by atoms with Gasteiger partial charge >= 0.3 is 5.97 Å². The third kappa shape index (κ3) is 1.95. The molecule has 0 radical (unpaired) electrons. The molecule has 0 bridgehead atoms. The van der Waals surface area contributed by atoms with Gasteiger partial charge in [0.05, 0.1) is 0 Å². The van der Waals surface area contributed by atoms with E-state index in [1.165, 1.54) is 5.39 Å². The maximum Gasteiger partial charge on any atom is 0.311 e. The summed E-state index contributed by atoms with van der Waals surface area (Å²) in [7, 11) is 0. The molecule has 0 fully saturated rings. The Morgan fingerprint density at radius 2 is 1.94 bits per heavy atom. The van der Waals surface area contributed by atoms with E-state index in [4.69, 9.17) is 9.84 Å². The highest BCUT2D eigenvalue weighted by Crippen LogP contribution is 2.27. The van der Waals surface area contributed by atoms with Gasteiger partial charge in [-0.2, -0.15) is 0 Å². The summed E-state index contributed by atoms with van der Waals surface area (Å²) in [5.74, 6) is -0.351. The molecular weight excluding hydrogens is 228 g/mol. The first-order chi connectivity index (χ1) is 8.72. The van der Waals surface area contributed by atoms with Gasteiger partial charge in [0.2, 0.25) is 0 Å². The molecule has 0 saturated heterocycles. The highest BCUT2D eigenvalue weighted by molar-refractivity contribution is 5.86. The molecule has 2 aromatic rings. The second kappa shape index (κ2) is 4.18. The number of fused-ring (bicyclic) bond motifs is 2. The van der Waals surface area contributed by atoms with Crippen molar-refractivity contribution >= 4 is 22.8 Å². The Bertz CT molecular complexity index is 656. The van der Waals surface area contributed by atoms with Gasteiger partial charge < -0.3 is 9.84 Å². The molecular formula is C15H12O3. The molecule has 0 amide bonds. The molecule has 1 aliphatic rings. The monoisotopic (exact) mass is 240 g/mol. The summed E-state index contributed by atoms with van der Waals surface area (Å²) in [5, 5.41) is 11.1. The molecule has 0 saturated carbocycles. The largest absolute Gasteiger partial charge is 0.493 e. The number of benzene rings is 2. The number of carboxylic acid groups (broad SMARTS) is 1. The first kappa shape index (κ1) is 10.8. The van der Waals surface area contributed by atoms with E-state index < -0.39 is 5.97 Å². The van der Waals surface area contributed by atoms with E-state index in [0.29, 0.717) is 12.4 Å². The quantitative estimate of drug-likeness (QED) is 0.876. The number of aliphatic carboxylic acids is 1. The lowest BCUT2D eigenvalue weighted by molar-refractivity contribution is -0.137. The minimum atomic E-state index is -0.870. The Balaban J connectivity index is 2.07. The molecule has 3 rings (SSSR count). The molecule has 3 heteroatoms. The van der Waals surface area contributed by atoms with E-state index in [2.05, 4.69) is 24.3 Å². The normalized spacial score (nSPS) is 13.7. The van der Waals surface area contributed by atoms with Crippen LogP contribution < -0.4 is 0 Å². The third-order valence-electron chi connectivity index (χ3n) is 3.06. The van der Waals surface area contributed by atoms with Gasteiger partial charge in [0.1, 0.15) is 18.8 Å². The SMILES string of the molecule is O=C(O)CC1=Cc2cc3ccccc3cc2CO1. The van der Waals surface area contributed by atoms with E-state index in [1.54, 1.807) is 0 Å². The van der Waals surface area contributed by atoms with Crippen LogP contribution in [-0.2, 0) is 16.1 Å². The van der Waals surface area contributed by atoms with Gasteiger partial charge in [-0.25, -0.2) is 0 Å². The molecule has 0 atom stereocenters. The van der Waals surface area contributed by atoms with Crippen molar-refractivity contribution in [1.82, 2.24) is 0 Å². The lowest BCUT2D eigenvalue weighted by Crippen LogP contribution is -2.06. The maximum absolute atomic E-state index is 10.7. The molecule has 0 aliphatic carbocycles. The summed E-state index contributed by atoms with van der Waals surface area (Å²) in [6, 6.07) is 12.3. The van der Waals surface area contributed by atoms with Gasteiger partial charge in [0.25, 0.3) is 0 Å². The molecule has 90 valence electrons. The van der Waals surface area contributed by atoms with Crippen LogP contribution in [0.5, 0.6) is 0 Å². The Morgan fingerprint density at radius 3 is 2.67 bits per heavy atom. The van der Waals surface area contributed by atoms with Gasteiger partial charge in [-0.1, -0.05) is 24.3 Å². The van der Waals surface area contributed by atoms with Crippen molar-refractivity contribution in [2.75, 3.05) is 0 Å². The van der Waals surface area contributed by atoms with Crippen molar-refractivity contribution in [3.05, 3.63) is 53.3 Å². The van der Waals surface area contributed by atoms with Crippen LogP contribution in [0.25, 0.3) is 16.8 Å². The maximum atomic E-state index is 10.7. The zero-order chi connectivity index (χ0) is 12.5. The molecule has 0 aromatic heterocycles. The number of hydrogen-bond acceptors (Lipinski definition) is 2. The van der Waals surface area contributed by atoms with Crippen molar-refractivity contribution in [3.63, 3.8) is 0 Å². The number of carboxylic acids is 1. The molecule has 2 aromatic carbocycles. The van der Waals surface area contributed by atoms with Gasteiger partial charge in [0.15, 0.2) is 0 Å². The minimum absolute atomic E-state index is 0.0632. The molecule has 18 heavy (non-hydrogen) atoms. The zero-order valence-electron chi connectivity index (χ0n) is 9.72. The first-order valence-electron chi connectivity index (χ1n) is 5.79. The topological polar surface area (TPSA) is 46.5 Å². The van der Waals surface area contributed by atoms with Crippen molar-refractivity contribution in [1.29, 1.82) is 0 Å². The number of rotatable bonds is 2.